The number of hydrogen-bond donors (Lipinski definition) is 5. The first-order chi connectivity index (χ1) is 24.7. The number of hydrogen-bond acceptors (Lipinski definition) is 6. The zero-order valence-electron chi connectivity index (χ0n) is 32.5. The van der Waals surface area contributed by atoms with E-state index < -0.39 is 10.0 Å². The molecule has 0 aliphatic rings. The molecule has 0 spiro atoms. The van der Waals surface area contributed by atoms with E-state index in [9.17, 15) is 28.8 Å². The van der Waals surface area contributed by atoms with E-state index in [1.807, 2.05) is 58.9 Å². The number of nitrogens with one attached hydrogen (secondary N) is 1. The van der Waals surface area contributed by atoms with E-state index in [1.165, 1.54) is 29.3 Å². The van der Waals surface area contributed by atoms with Crippen molar-refractivity contribution in [3.8, 4) is 23.0 Å². The summed E-state index contributed by atoms with van der Waals surface area (Å²) < 4.78 is 26.8. The van der Waals surface area contributed by atoms with Crippen LogP contribution < -0.4 is 4.72 Å². The molecule has 0 radical (unpaired) electrons. The highest BCUT2D eigenvalue weighted by Gasteiger charge is 2.16. The van der Waals surface area contributed by atoms with Gasteiger partial charge in [-0.15, -0.1) is 0 Å². The highest BCUT2D eigenvalue weighted by atomic mass is 35.5. The van der Waals surface area contributed by atoms with Gasteiger partial charge in [-0.3, -0.25) is 4.72 Å². The first kappa shape index (κ1) is 44.5. The van der Waals surface area contributed by atoms with Crippen LogP contribution in [0, 0.1) is 13.8 Å². The van der Waals surface area contributed by atoms with Gasteiger partial charge in [0.1, 0.15) is 23.0 Å². The molecule has 0 heterocycles. The maximum absolute atomic E-state index is 12.2. The Kier molecular flexibility index (Phi) is 17.3. The van der Waals surface area contributed by atoms with Crippen molar-refractivity contribution in [3.63, 3.8) is 0 Å². The summed E-state index contributed by atoms with van der Waals surface area (Å²) in [6.07, 6.45) is 0. The van der Waals surface area contributed by atoms with Crippen molar-refractivity contribution in [1.29, 1.82) is 0 Å². The molecule has 286 valence electrons. The van der Waals surface area contributed by atoms with Crippen LogP contribution in [0.5, 0.6) is 23.0 Å². The van der Waals surface area contributed by atoms with Crippen molar-refractivity contribution < 1.29 is 28.8 Å². The van der Waals surface area contributed by atoms with Crippen LogP contribution in [0.25, 0.3) is 0 Å². The van der Waals surface area contributed by atoms with Gasteiger partial charge in [0.25, 0.3) is 10.0 Å². The first-order valence-electron chi connectivity index (χ1n) is 17.7. The van der Waals surface area contributed by atoms with Crippen LogP contribution >= 0.6 is 11.6 Å². The number of aryl methyl sites for hydroxylation is 2. The number of phenols is 4. The van der Waals surface area contributed by atoms with Gasteiger partial charge >= 0.3 is 0 Å². The summed E-state index contributed by atoms with van der Waals surface area (Å²) in [5.41, 5.74) is 6.65. The zero-order valence-corrected chi connectivity index (χ0v) is 34.1. The number of anilines is 1. The summed E-state index contributed by atoms with van der Waals surface area (Å²) in [5, 5.41) is 38.5. The molecule has 0 fully saturated rings. The summed E-state index contributed by atoms with van der Waals surface area (Å²) in [6, 6.07) is 29.4. The fourth-order valence-electron chi connectivity index (χ4n) is 5.18. The summed E-state index contributed by atoms with van der Waals surface area (Å²) in [4.78, 5) is 0.161. The molecule has 0 bridgehead atoms. The highest BCUT2D eigenvalue weighted by Crippen LogP contribution is 2.30. The highest BCUT2D eigenvalue weighted by molar-refractivity contribution is 7.92. The minimum atomic E-state index is -3.69. The molecule has 0 aromatic heterocycles. The second-order valence-electron chi connectivity index (χ2n) is 14.1. The maximum atomic E-state index is 12.2. The summed E-state index contributed by atoms with van der Waals surface area (Å²) in [5.74, 6) is 2.46. The molecular weight excluding hydrogens is 706 g/mol. The number of benzene rings is 5. The van der Waals surface area contributed by atoms with E-state index in [1.54, 1.807) is 60.7 Å². The topological polar surface area (TPSA) is 127 Å². The average molecular weight is 762 g/mol. The first-order valence-corrected chi connectivity index (χ1v) is 19.6. The van der Waals surface area contributed by atoms with E-state index in [-0.39, 0.29) is 22.3 Å². The van der Waals surface area contributed by atoms with Crippen molar-refractivity contribution >= 4 is 27.3 Å². The third kappa shape index (κ3) is 14.4. The van der Waals surface area contributed by atoms with E-state index >= 15 is 0 Å². The van der Waals surface area contributed by atoms with Gasteiger partial charge in [-0.2, -0.15) is 0 Å². The Bertz CT molecular complexity index is 1950. The molecule has 5 rings (SSSR count). The zero-order chi connectivity index (χ0) is 40.0. The van der Waals surface area contributed by atoms with Gasteiger partial charge < -0.3 is 20.4 Å². The molecule has 53 heavy (non-hydrogen) atoms. The molecule has 0 atom stereocenters. The molecule has 7 nitrogen and oxygen atoms in total. The van der Waals surface area contributed by atoms with Crippen molar-refractivity contribution in [2.45, 2.75) is 97.8 Å². The lowest BCUT2D eigenvalue weighted by Gasteiger charge is -2.12. The van der Waals surface area contributed by atoms with E-state index in [0.717, 1.165) is 22.3 Å². The molecule has 9 heteroatoms. The molecular formula is C44H56ClNO6S. The lowest BCUT2D eigenvalue weighted by atomic mass is 9.98. The largest absolute Gasteiger partial charge is 0.508 e. The molecule has 5 aromatic carbocycles. The van der Waals surface area contributed by atoms with E-state index in [2.05, 4.69) is 39.3 Å². The monoisotopic (exact) mass is 761 g/mol. The molecule has 0 amide bonds. The number of halogens is 1. The Morgan fingerprint density at radius 3 is 1.64 bits per heavy atom. The summed E-state index contributed by atoms with van der Waals surface area (Å²) in [6.45, 7) is 20.5. The van der Waals surface area contributed by atoms with Crippen molar-refractivity contribution in [2.75, 3.05) is 4.72 Å². The van der Waals surface area contributed by atoms with Crippen molar-refractivity contribution in [1.82, 2.24) is 0 Å². The van der Waals surface area contributed by atoms with Gasteiger partial charge in [-0.05, 0) is 132 Å². The number of aromatic hydroxyl groups is 4. The Hall–Kier alpha value is -4.66. The normalized spacial score (nSPS) is 10.9. The SMILES string of the molecule is CC(C)c1cc(Cl)ccc1O.CC(C)c1ccc(O)c(NS(=O)(=O)c2ccccc2)c1.Cc1ccc(C(C)C)c(O)c1.Cc1ccc(O)cc1C(C)C. The summed E-state index contributed by atoms with van der Waals surface area (Å²) >= 11 is 5.75. The molecule has 5 N–H and O–H groups in total. The Morgan fingerprint density at radius 1 is 0.547 bits per heavy atom. The summed E-state index contributed by atoms with van der Waals surface area (Å²) in [7, 11) is -3.69. The lowest BCUT2D eigenvalue weighted by molar-refractivity contribution is 0.464. The third-order valence-electron chi connectivity index (χ3n) is 8.29. The van der Waals surface area contributed by atoms with Crippen LogP contribution in [-0.4, -0.2) is 28.8 Å². The van der Waals surface area contributed by atoms with E-state index in [4.69, 9.17) is 11.6 Å². The molecule has 5 aromatic rings. The molecule has 0 unspecified atom stereocenters. The van der Waals surface area contributed by atoms with Crippen LogP contribution in [0.15, 0.2) is 108 Å². The standard InChI is InChI=1S/C15H17NO3S.2C10H14O.C9H11ClO/c1-11(2)12-8-9-15(17)14(10-12)16-20(18,19)13-6-4-3-5-7-13;1-7(2)10-6-9(11)5-4-8(10)3;1-7(2)9-5-4-8(3)6-10(9)11;1-6(2)8-5-7(10)3-4-9(8)11/h3-11,16-17H,1-2H3;2*4-7,11H,1-3H3;3-6,11H,1-2H3. The van der Waals surface area contributed by atoms with Gasteiger partial charge in [0.05, 0.1) is 10.6 Å². The van der Waals surface area contributed by atoms with Crippen LogP contribution in [0.3, 0.4) is 0 Å². The average Bonchev–Trinajstić information content (AvgIpc) is 3.08. The fourth-order valence-corrected chi connectivity index (χ4v) is 6.44. The van der Waals surface area contributed by atoms with Crippen LogP contribution in [-0.2, 0) is 10.0 Å². The van der Waals surface area contributed by atoms with Crippen molar-refractivity contribution in [2.24, 2.45) is 0 Å². The fraction of sp³-hybridized carbons (Fsp3) is 0.318. The molecule has 0 saturated heterocycles. The van der Waals surface area contributed by atoms with Crippen molar-refractivity contribution in [3.05, 3.63) is 142 Å². The number of phenolic OH excluding ortho intramolecular Hbond substituents is 4. The second kappa shape index (κ2) is 20.5. The Labute approximate surface area is 322 Å². The maximum Gasteiger partial charge on any atom is 0.262 e. The van der Waals surface area contributed by atoms with Gasteiger partial charge in [-0.1, -0.05) is 109 Å². The lowest BCUT2D eigenvalue weighted by Crippen LogP contribution is -2.13. The second-order valence-corrected chi connectivity index (χ2v) is 16.2. The Morgan fingerprint density at radius 2 is 1.13 bits per heavy atom. The van der Waals surface area contributed by atoms with Gasteiger partial charge in [0, 0.05) is 5.02 Å². The predicted octanol–water partition coefficient (Wildman–Crippen LogP) is 12.1. The van der Waals surface area contributed by atoms with Crippen LogP contribution in [0.1, 0.15) is 112 Å². The number of rotatable bonds is 7. The van der Waals surface area contributed by atoms with Crippen LogP contribution in [0.4, 0.5) is 5.69 Å². The number of sulfonamides is 1. The molecule has 0 aliphatic carbocycles. The van der Waals surface area contributed by atoms with Gasteiger partial charge in [-0.25, -0.2) is 8.42 Å². The Balaban J connectivity index is 0.000000256. The van der Waals surface area contributed by atoms with E-state index in [0.29, 0.717) is 40.0 Å². The third-order valence-corrected chi connectivity index (χ3v) is 9.91. The van der Waals surface area contributed by atoms with Gasteiger partial charge in [0.2, 0.25) is 0 Å². The predicted molar refractivity (Wildman–Crippen MR) is 221 cm³/mol. The van der Waals surface area contributed by atoms with Gasteiger partial charge in [0.15, 0.2) is 0 Å². The minimum Gasteiger partial charge on any atom is -0.508 e. The molecule has 0 aliphatic heterocycles. The molecule has 0 saturated carbocycles. The smallest absolute Gasteiger partial charge is 0.262 e. The van der Waals surface area contributed by atoms with Crippen LogP contribution in [0.2, 0.25) is 5.02 Å². The quantitative estimate of drug-likeness (QED) is 0.105. The minimum absolute atomic E-state index is 0.0890.